The standard InChI is InChI=1S/C18H14F3N3/c19-18(20,21)13-5-7-14(8-6-13)24-16-4-2-1-3-15(16)12-9-10-23-17(22)11-12/h1-11,24H,(H2,22,23). The first-order valence-corrected chi connectivity index (χ1v) is 7.19. The maximum Gasteiger partial charge on any atom is 0.416 e. The van der Waals surface area contributed by atoms with E-state index in [2.05, 4.69) is 10.3 Å². The molecule has 0 fully saturated rings. The number of rotatable bonds is 3. The maximum absolute atomic E-state index is 12.6. The number of nitrogens with zero attached hydrogens (tertiary/aromatic N) is 1. The van der Waals surface area contributed by atoms with Gasteiger partial charge in [0.1, 0.15) is 5.82 Å². The summed E-state index contributed by atoms with van der Waals surface area (Å²) in [7, 11) is 0. The summed E-state index contributed by atoms with van der Waals surface area (Å²) in [5.41, 5.74) is 8.13. The van der Waals surface area contributed by atoms with E-state index in [0.29, 0.717) is 11.5 Å². The molecule has 3 N–H and O–H groups in total. The van der Waals surface area contributed by atoms with Gasteiger partial charge in [-0.25, -0.2) is 4.98 Å². The number of anilines is 3. The third kappa shape index (κ3) is 3.48. The highest BCUT2D eigenvalue weighted by Crippen LogP contribution is 2.33. The van der Waals surface area contributed by atoms with E-state index in [0.717, 1.165) is 28.9 Å². The molecule has 3 nitrogen and oxygen atoms in total. The number of aromatic nitrogens is 1. The minimum absolute atomic E-state index is 0.400. The fraction of sp³-hybridized carbons (Fsp3) is 0.0556. The summed E-state index contributed by atoms with van der Waals surface area (Å²) in [6.07, 6.45) is -2.73. The van der Waals surface area contributed by atoms with E-state index in [4.69, 9.17) is 5.73 Å². The maximum atomic E-state index is 12.6. The fourth-order valence-corrected chi connectivity index (χ4v) is 2.36. The smallest absolute Gasteiger partial charge is 0.384 e. The molecule has 2 aromatic carbocycles. The zero-order valence-corrected chi connectivity index (χ0v) is 12.5. The number of nitrogen functional groups attached to an aromatic ring is 1. The van der Waals surface area contributed by atoms with Gasteiger partial charge in [-0.2, -0.15) is 13.2 Å². The molecule has 3 aromatic rings. The van der Waals surface area contributed by atoms with E-state index in [9.17, 15) is 13.2 Å². The van der Waals surface area contributed by atoms with Crippen LogP contribution in [0.4, 0.5) is 30.4 Å². The predicted molar refractivity (Wildman–Crippen MR) is 88.8 cm³/mol. The molecule has 0 saturated carbocycles. The molecule has 0 aliphatic heterocycles. The predicted octanol–water partition coefficient (Wildman–Crippen LogP) is 5.09. The van der Waals surface area contributed by atoms with E-state index in [1.165, 1.54) is 12.1 Å². The van der Waals surface area contributed by atoms with Gasteiger partial charge in [-0.1, -0.05) is 18.2 Å². The van der Waals surface area contributed by atoms with Gasteiger partial charge >= 0.3 is 6.18 Å². The lowest BCUT2D eigenvalue weighted by atomic mass is 10.0. The van der Waals surface area contributed by atoms with Crippen LogP contribution in [0.1, 0.15) is 5.56 Å². The molecule has 0 spiro atoms. The summed E-state index contributed by atoms with van der Waals surface area (Å²) in [5.74, 6) is 0.400. The van der Waals surface area contributed by atoms with Gasteiger partial charge in [-0.15, -0.1) is 0 Å². The molecule has 0 atom stereocenters. The van der Waals surface area contributed by atoms with Crippen LogP contribution >= 0.6 is 0 Å². The van der Waals surface area contributed by atoms with E-state index in [-0.39, 0.29) is 0 Å². The molecule has 1 aromatic heterocycles. The summed E-state index contributed by atoms with van der Waals surface area (Å²) in [5, 5.41) is 3.14. The SMILES string of the molecule is Nc1cc(-c2ccccc2Nc2ccc(C(F)(F)F)cc2)ccn1. The molecular weight excluding hydrogens is 315 g/mol. The molecule has 24 heavy (non-hydrogen) atoms. The molecule has 122 valence electrons. The minimum Gasteiger partial charge on any atom is -0.384 e. The van der Waals surface area contributed by atoms with Crippen LogP contribution in [0, 0.1) is 0 Å². The molecular formula is C18H14F3N3. The Labute approximate surface area is 137 Å². The highest BCUT2D eigenvalue weighted by Gasteiger charge is 2.29. The van der Waals surface area contributed by atoms with Crippen molar-refractivity contribution >= 4 is 17.2 Å². The molecule has 6 heteroatoms. The van der Waals surface area contributed by atoms with Crippen molar-refractivity contribution < 1.29 is 13.2 Å². The van der Waals surface area contributed by atoms with Crippen LogP contribution in [-0.4, -0.2) is 4.98 Å². The molecule has 0 saturated heterocycles. The zero-order valence-electron chi connectivity index (χ0n) is 12.5. The van der Waals surface area contributed by atoms with Crippen LogP contribution in [0.5, 0.6) is 0 Å². The molecule has 0 aliphatic carbocycles. The Balaban J connectivity index is 1.91. The summed E-state index contributed by atoms with van der Waals surface area (Å²) < 4.78 is 37.9. The van der Waals surface area contributed by atoms with Gasteiger partial charge in [-0.05, 0) is 48.0 Å². The normalized spacial score (nSPS) is 11.3. The number of nitrogens with one attached hydrogen (secondary N) is 1. The van der Waals surface area contributed by atoms with Crippen LogP contribution < -0.4 is 11.1 Å². The van der Waals surface area contributed by atoms with Crippen molar-refractivity contribution in [1.29, 1.82) is 0 Å². The number of benzene rings is 2. The van der Waals surface area contributed by atoms with Crippen molar-refractivity contribution in [3.8, 4) is 11.1 Å². The number of hydrogen-bond donors (Lipinski definition) is 2. The minimum atomic E-state index is -4.34. The average Bonchev–Trinajstić information content (AvgIpc) is 2.55. The number of alkyl halides is 3. The van der Waals surface area contributed by atoms with Crippen molar-refractivity contribution in [2.24, 2.45) is 0 Å². The van der Waals surface area contributed by atoms with E-state index >= 15 is 0 Å². The third-order valence-corrected chi connectivity index (χ3v) is 3.51. The van der Waals surface area contributed by atoms with Crippen molar-refractivity contribution in [1.82, 2.24) is 4.98 Å². The number of pyridine rings is 1. The Morgan fingerprint density at radius 2 is 1.62 bits per heavy atom. The molecule has 0 aliphatic rings. The first-order valence-electron chi connectivity index (χ1n) is 7.19. The third-order valence-electron chi connectivity index (χ3n) is 3.51. The molecule has 1 heterocycles. The molecule has 3 rings (SSSR count). The second-order valence-corrected chi connectivity index (χ2v) is 5.22. The highest BCUT2D eigenvalue weighted by atomic mass is 19.4. The topological polar surface area (TPSA) is 50.9 Å². The molecule has 0 amide bonds. The average molecular weight is 329 g/mol. The van der Waals surface area contributed by atoms with Crippen molar-refractivity contribution in [2.75, 3.05) is 11.1 Å². The first-order chi connectivity index (χ1) is 11.4. The Kier molecular flexibility index (Phi) is 4.12. The lowest BCUT2D eigenvalue weighted by Gasteiger charge is -2.13. The summed E-state index contributed by atoms with van der Waals surface area (Å²) in [6, 6.07) is 16.0. The van der Waals surface area contributed by atoms with Gasteiger partial charge in [0.25, 0.3) is 0 Å². The first kappa shape index (κ1) is 15.9. The summed E-state index contributed by atoms with van der Waals surface area (Å²) >= 11 is 0. The van der Waals surface area contributed by atoms with Crippen LogP contribution in [0.15, 0.2) is 66.9 Å². The van der Waals surface area contributed by atoms with Crippen LogP contribution in [-0.2, 0) is 6.18 Å². The number of hydrogen-bond acceptors (Lipinski definition) is 3. The Bertz CT molecular complexity index is 843. The second-order valence-electron chi connectivity index (χ2n) is 5.22. The molecule has 0 bridgehead atoms. The highest BCUT2D eigenvalue weighted by molar-refractivity contribution is 5.81. The quantitative estimate of drug-likeness (QED) is 0.703. The Morgan fingerprint density at radius 3 is 2.29 bits per heavy atom. The number of para-hydroxylation sites is 1. The largest absolute Gasteiger partial charge is 0.416 e. The Hall–Kier alpha value is -3.02. The van der Waals surface area contributed by atoms with Crippen LogP contribution in [0.3, 0.4) is 0 Å². The van der Waals surface area contributed by atoms with Gasteiger partial charge in [0, 0.05) is 23.1 Å². The van der Waals surface area contributed by atoms with Gasteiger partial charge in [-0.3, -0.25) is 0 Å². The zero-order chi connectivity index (χ0) is 17.2. The van der Waals surface area contributed by atoms with Gasteiger partial charge in [0.15, 0.2) is 0 Å². The lowest BCUT2D eigenvalue weighted by molar-refractivity contribution is -0.137. The van der Waals surface area contributed by atoms with Gasteiger partial charge < -0.3 is 11.1 Å². The monoisotopic (exact) mass is 329 g/mol. The molecule has 0 unspecified atom stereocenters. The van der Waals surface area contributed by atoms with Crippen LogP contribution in [0.25, 0.3) is 11.1 Å². The van der Waals surface area contributed by atoms with Crippen molar-refractivity contribution in [3.05, 3.63) is 72.4 Å². The second kappa shape index (κ2) is 6.23. The van der Waals surface area contributed by atoms with E-state index in [1.54, 1.807) is 12.3 Å². The van der Waals surface area contributed by atoms with Crippen molar-refractivity contribution in [2.45, 2.75) is 6.18 Å². The van der Waals surface area contributed by atoms with E-state index in [1.807, 2.05) is 30.3 Å². The fourth-order valence-electron chi connectivity index (χ4n) is 2.36. The van der Waals surface area contributed by atoms with Gasteiger partial charge in [0.2, 0.25) is 0 Å². The van der Waals surface area contributed by atoms with E-state index < -0.39 is 11.7 Å². The van der Waals surface area contributed by atoms with Crippen molar-refractivity contribution in [3.63, 3.8) is 0 Å². The number of halogens is 3. The summed E-state index contributed by atoms with van der Waals surface area (Å²) in [6.45, 7) is 0. The molecule has 0 radical (unpaired) electrons. The van der Waals surface area contributed by atoms with Crippen LogP contribution in [0.2, 0.25) is 0 Å². The lowest BCUT2D eigenvalue weighted by Crippen LogP contribution is -2.04. The number of nitrogens with two attached hydrogens (primary N) is 1. The summed E-state index contributed by atoms with van der Waals surface area (Å²) in [4.78, 5) is 3.96. The van der Waals surface area contributed by atoms with Gasteiger partial charge in [0.05, 0.1) is 5.56 Å². The Morgan fingerprint density at radius 1 is 0.917 bits per heavy atom.